The number of hydrogen-bond donors (Lipinski definition) is 2. The van der Waals surface area contributed by atoms with Crippen LogP contribution in [-0.2, 0) is 9.53 Å². The number of carbonyl (C=O) groups excluding carboxylic acids is 3. The summed E-state index contributed by atoms with van der Waals surface area (Å²) in [7, 11) is 0. The quantitative estimate of drug-likeness (QED) is 0.546. The molecule has 182 valence electrons. The zero-order chi connectivity index (χ0) is 24.0. The fourth-order valence-electron chi connectivity index (χ4n) is 4.81. The Balaban J connectivity index is 1.33. The van der Waals surface area contributed by atoms with Gasteiger partial charge in [0, 0.05) is 19.2 Å². The summed E-state index contributed by atoms with van der Waals surface area (Å²) in [6.45, 7) is 5.39. The molecule has 0 aromatic heterocycles. The zero-order valence-corrected chi connectivity index (χ0v) is 19.4. The molecule has 9 heteroatoms. The number of amides is 3. The van der Waals surface area contributed by atoms with Gasteiger partial charge in [0.2, 0.25) is 5.91 Å². The Bertz CT molecular complexity index is 860. The third-order valence-electron chi connectivity index (χ3n) is 6.50. The lowest BCUT2D eigenvalue weighted by Gasteiger charge is -2.52. The van der Waals surface area contributed by atoms with Crippen molar-refractivity contribution < 1.29 is 28.2 Å². The lowest BCUT2D eigenvalue weighted by molar-refractivity contribution is -0.117. The molecule has 0 bridgehead atoms. The van der Waals surface area contributed by atoms with E-state index < -0.39 is 17.6 Å². The Labute approximate surface area is 194 Å². The Morgan fingerprint density at radius 2 is 1.94 bits per heavy atom. The van der Waals surface area contributed by atoms with Crippen molar-refractivity contribution in [1.29, 1.82) is 0 Å². The van der Waals surface area contributed by atoms with Gasteiger partial charge in [0.25, 0.3) is 5.91 Å². The molecule has 2 fully saturated rings. The van der Waals surface area contributed by atoms with Crippen LogP contribution in [0.15, 0.2) is 18.2 Å². The van der Waals surface area contributed by atoms with E-state index in [1.165, 1.54) is 25.0 Å². The predicted molar refractivity (Wildman–Crippen MR) is 120 cm³/mol. The van der Waals surface area contributed by atoms with Gasteiger partial charge < -0.3 is 25.4 Å². The van der Waals surface area contributed by atoms with Gasteiger partial charge in [0.05, 0.1) is 24.8 Å². The van der Waals surface area contributed by atoms with Crippen LogP contribution < -0.4 is 15.8 Å². The minimum Gasteiger partial charge on any atom is -0.493 e. The summed E-state index contributed by atoms with van der Waals surface area (Å²) < 4.78 is 25.1. The third-order valence-corrected chi connectivity index (χ3v) is 6.50. The van der Waals surface area contributed by atoms with Crippen molar-refractivity contribution in [3.8, 4) is 5.75 Å². The monoisotopic (exact) mass is 463 g/mol. The summed E-state index contributed by atoms with van der Waals surface area (Å²) >= 11 is 0. The number of carbonyl (C=O) groups is 3. The van der Waals surface area contributed by atoms with E-state index in [0.29, 0.717) is 23.7 Å². The first-order chi connectivity index (χ1) is 15.7. The van der Waals surface area contributed by atoms with Gasteiger partial charge in [-0.3, -0.25) is 9.59 Å². The summed E-state index contributed by atoms with van der Waals surface area (Å²) in [5.74, 6) is -1.07. The average molecular weight is 464 g/mol. The molecular weight excluding hydrogens is 429 g/mol. The number of hydrogen-bond acceptors (Lipinski definition) is 5. The standard InChI is InChI=1S/C24H34FN3O5/c1-16(2)33-23(31)28-9-7-24(8-10-28)13-17(14-24)4-3-11-32-18-5-6-19(20(25)12-18)22(30)27-15-21(26)29/h5-6,12,16-17H,3-4,7-11,13-15H2,1-2H3,(H2,26,29)(H,27,30). The maximum Gasteiger partial charge on any atom is 0.410 e. The fourth-order valence-corrected chi connectivity index (χ4v) is 4.81. The van der Waals surface area contributed by atoms with Crippen molar-refractivity contribution in [3.63, 3.8) is 0 Å². The maximum absolute atomic E-state index is 14.2. The molecule has 0 radical (unpaired) electrons. The van der Waals surface area contributed by atoms with Crippen LogP contribution in [-0.4, -0.2) is 55.2 Å². The first-order valence-corrected chi connectivity index (χ1v) is 11.6. The second-order valence-corrected chi connectivity index (χ2v) is 9.48. The van der Waals surface area contributed by atoms with Gasteiger partial charge >= 0.3 is 6.09 Å². The van der Waals surface area contributed by atoms with Gasteiger partial charge in [-0.15, -0.1) is 0 Å². The van der Waals surface area contributed by atoms with Crippen LogP contribution in [0.5, 0.6) is 5.75 Å². The Kier molecular flexibility index (Phi) is 8.15. The van der Waals surface area contributed by atoms with Gasteiger partial charge in [-0.25, -0.2) is 9.18 Å². The number of primary amides is 1. The molecule has 1 aliphatic carbocycles. The molecule has 0 unspecified atom stereocenters. The molecule has 1 aliphatic heterocycles. The molecule has 3 amide bonds. The smallest absolute Gasteiger partial charge is 0.410 e. The molecule has 1 heterocycles. The summed E-state index contributed by atoms with van der Waals surface area (Å²) in [6.07, 6.45) is 6.06. The van der Waals surface area contributed by atoms with E-state index in [4.69, 9.17) is 15.2 Å². The van der Waals surface area contributed by atoms with E-state index >= 15 is 0 Å². The fraction of sp³-hybridized carbons (Fsp3) is 0.625. The summed E-state index contributed by atoms with van der Waals surface area (Å²) in [4.78, 5) is 36.4. The Morgan fingerprint density at radius 1 is 1.24 bits per heavy atom. The van der Waals surface area contributed by atoms with Crippen LogP contribution in [0.25, 0.3) is 0 Å². The van der Waals surface area contributed by atoms with Crippen molar-refractivity contribution in [2.24, 2.45) is 17.1 Å². The largest absolute Gasteiger partial charge is 0.493 e. The minimum absolute atomic E-state index is 0.0918. The molecule has 8 nitrogen and oxygen atoms in total. The Morgan fingerprint density at radius 3 is 2.55 bits per heavy atom. The topological polar surface area (TPSA) is 111 Å². The van der Waals surface area contributed by atoms with E-state index in [0.717, 1.165) is 38.8 Å². The van der Waals surface area contributed by atoms with Crippen molar-refractivity contribution in [1.82, 2.24) is 10.2 Å². The van der Waals surface area contributed by atoms with E-state index in [1.807, 2.05) is 18.7 Å². The van der Waals surface area contributed by atoms with Gasteiger partial charge in [0.1, 0.15) is 11.6 Å². The van der Waals surface area contributed by atoms with Crippen LogP contribution >= 0.6 is 0 Å². The highest BCUT2D eigenvalue weighted by atomic mass is 19.1. The summed E-state index contributed by atoms with van der Waals surface area (Å²) in [5, 5.41) is 2.26. The van der Waals surface area contributed by atoms with Gasteiger partial charge in [-0.1, -0.05) is 0 Å². The maximum atomic E-state index is 14.2. The van der Waals surface area contributed by atoms with Gasteiger partial charge in [0.15, 0.2) is 0 Å². The lowest BCUT2D eigenvalue weighted by Crippen LogP contribution is -2.49. The summed E-state index contributed by atoms with van der Waals surface area (Å²) in [6, 6.07) is 4.05. The van der Waals surface area contributed by atoms with E-state index in [1.54, 1.807) is 6.07 Å². The molecule has 1 aromatic carbocycles. The molecule has 1 aromatic rings. The van der Waals surface area contributed by atoms with E-state index in [2.05, 4.69) is 5.32 Å². The van der Waals surface area contributed by atoms with Crippen molar-refractivity contribution in [3.05, 3.63) is 29.6 Å². The SMILES string of the molecule is CC(C)OC(=O)N1CCC2(CC1)CC(CCCOc1ccc(C(=O)NCC(N)=O)c(F)c1)C2. The number of likely N-dealkylation sites (tertiary alicyclic amines) is 1. The van der Waals surface area contributed by atoms with Crippen LogP contribution in [0.1, 0.15) is 62.7 Å². The van der Waals surface area contributed by atoms with Gasteiger partial charge in [-0.2, -0.15) is 0 Å². The molecule has 33 heavy (non-hydrogen) atoms. The first kappa shape index (κ1) is 24.8. The van der Waals surface area contributed by atoms with Crippen LogP contribution in [0, 0.1) is 17.2 Å². The summed E-state index contributed by atoms with van der Waals surface area (Å²) in [5.41, 5.74) is 5.18. The van der Waals surface area contributed by atoms with Crippen LogP contribution in [0.2, 0.25) is 0 Å². The molecule has 3 rings (SSSR count). The number of rotatable bonds is 9. The Hall–Kier alpha value is -2.84. The van der Waals surface area contributed by atoms with Crippen LogP contribution in [0.4, 0.5) is 9.18 Å². The highest BCUT2D eigenvalue weighted by molar-refractivity contribution is 5.96. The van der Waals surface area contributed by atoms with Gasteiger partial charge in [-0.05, 0) is 75.8 Å². The van der Waals surface area contributed by atoms with Crippen LogP contribution in [0.3, 0.4) is 0 Å². The number of nitrogens with two attached hydrogens (primary N) is 1. The molecule has 1 spiro atoms. The average Bonchev–Trinajstić information content (AvgIpc) is 2.73. The number of ether oxygens (including phenoxy) is 2. The van der Waals surface area contributed by atoms with E-state index in [9.17, 15) is 18.8 Å². The minimum atomic E-state index is -0.709. The van der Waals surface area contributed by atoms with Crippen molar-refractivity contribution in [2.45, 2.75) is 58.5 Å². The second-order valence-electron chi connectivity index (χ2n) is 9.48. The number of nitrogens with one attached hydrogen (secondary N) is 1. The predicted octanol–water partition coefficient (Wildman–Crippen LogP) is 3.24. The molecule has 0 atom stereocenters. The zero-order valence-electron chi connectivity index (χ0n) is 19.4. The molecule has 2 aliphatic rings. The first-order valence-electron chi connectivity index (χ1n) is 11.6. The molecule has 1 saturated carbocycles. The number of nitrogens with zero attached hydrogens (tertiary/aromatic N) is 1. The normalized spacial score (nSPS) is 17.5. The lowest BCUT2D eigenvalue weighted by atomic mass is 9.56. The highest BCUT2D eigenvalue weighted by Crippen LogP contribution is 2.54. The van der Waals surface area contributed by atoms with Crippen molar-refractivity contribution in [2.75, 3.05) is 26.2 Å². The molecular formula is C24H34FN3O5. The molecule has 3 N–H and O–H groups in total. The number of piperidine rings is 1. The van der Waals surface area contributed by atoms with E-state index in [-0.39, 0.29) is 24.3 Å². The number of benzene rings is 1. The van der Waals surface area contributed by atoms with Crippen molar-refractivity contribution >= 4 is 17.9 Å². The molecule has 1 saturated heterocycles. The highest BCUT2D eigenvalue weighted by Gasteiger charge is 2.46. The second kappa shape index (κ2) is 10.9. The third kappa shape index (κ3) is 6.82. The number of halogens is 1.